The van der Waals surface area contributed by atoms with Gasteiger partial charge in [0, 0.05) is 53.9 Å². The van der Waals surface area contributed by atoms with Crippen molar-refractivity contribution in [3.8, 4) is 11.3 Å². The van der Waals surface area contributed by atoms with Gasteiger partial charge in [-0.05, 0) is 51.4 Å². The molecule has 0 bridgehead atoms. The topological polar surface area (TPSA) is 103 Å². The van der Waals surface area contributed by atoms with Crippen LogP contribution in [0.25, 0.3) is 11.3 Å². The van der Waals surface area contributed by atoms with E-state index in [2.05, 4.69) is 15.2 Å². The van der Waals surface area contributed by atoms with Crippen LogP contribution in [0.1, 0.15) is 54.6 Å². The van der Waals surface area contributed by atoms with Crippen LogP contribution >= 0.6 is 0 Å². The number of likely N-dealkylation sites (tertiary alicyclic amines) is 1. The number of hydrogen-bond donors (Lipinski definition) is 2. The van der Waals surface area contributed by atoms with E-state index in [0.717, 1.165) is 13.0 Å². The predicted octanol–water partition coefficient (Wildman–Crippen LogP) is 2.38. The van der Waals surface area contributed by atoms with Gasteiger partial charge in [0.1, 0.15) is 17.6 Å². The Morgan fingerprint density at radius 3 is 2.56 bits per heavy atom. The number of fused-ring (bicyclic) bond motifs is 1. The van der Waals surface area contributed by atoms with Crippen LogP contribution in [0.5, 0.6) is 0 Å². The highest BCUT2D eigenvalue weighted by Crippen LogP contribution is 2.35. The maximum Gasteiger partial charge on any atom is 0.255 e. The predicted molar refractivity (Wildman–Crippen MR) is 125 cm³/mol. The third-order valence-electron chi connectivity index (χ3n) is 7.54. The number of piperidine rings is 1. The van der Waals surface area contributed by atoms with Gasteiger partial charge in [0.2, 0.25) is 11.8 Å². The van der Waals surface area contributed by atoms with Gasteiger partial charge in [-0.3, -0.25) is 29.6 Å². The number of carbonyl (C=O) groups is 3. The first-order valence-corrected chi connectivity index (χ1v) is 12.1. The van der Waals surface area contributed by atoms with E-state index in [0.29, 0.717) is 18.7 Å². The summed E-state index contributed by atoms with van der Waals surface area (Å²) in [7, 11) is 0. The second-order valence-electron chi connectivity index (χ2n) is 10.4. The van der Waals surface area contributed by atoms with E-state index in [9.17, 15) is 19.5 Å². The first kappa shape index (κ1) is 24.5. The molecule has 4 heterocycles. The van der Waals surface area contributed by atoms with Gasteiger partial charge < -0.3 is 10.0 Å². The number of imide groups is 1. The third kappa shape index (κ3) is 4.28. The molecule has 0 spiro atoms. The van der Waals surface area contributed by atoms with Crippen molar-refractivity contribution in [2.45, 2.75) is 57.8 Å². The molecule has 10 heteroatoms. The number of carbonyl (C=O) groups excluding carboxylic acids is 3. The van der Waals surface area contributed by atoms with Crippen molar-refractivity contribution in [3.63, 3.8) is 0 Å². The summed E-state index contributed by atoms with van der Waals surface area (Å²) in [4.78, 5) is 44.1. The Bertz CT molecular complexity index is 1260. The monoisotopic (exact) mass is 498 g/mol. The lowest BCUT2D eigenvalue weighted by Gasteiger charge is -2.29. The molecule has 36 heavy (non-hydrogen) atoms. The van der Waals surface area contributed by atoms with Gasteiger partial charge in [-0.15, -0.1) is 0 Å². The van der Waals surface area contributed by atoms with Crippen molar-refractivity contribution in [2.24, 2.45) is 5.92 Å². The lowest BCUT2D eigenvalue weighted by atomic mass is 9.90. The van der Waals surface area contributed by atoms with E-state index < -0.39 is 41.0 Å². The molecule has 1 aromatic heterocycles. The molecule has 3 aliphatic rings. The molecule has 0 saturated carbocycles. The molecular weight excluding hydrogens is 470 g/mol. The van der Waals surface area contributed by atoms with Gasteiger partial charge in [-0.25, -0.2) is 8.78 Å². The lowest BCUT2D eigenvalue weighted by Crippen LogP contribution is -2.52. The van der Waals surface area contributed by atoms with Crippen LogP contribution in [0.3, 0.4) is 0 Å². The van der Waals surface area contributed by atoms with Gasteiger partial charge in [0.15, 0.2) is 5.82 Å². The van der Waals surface area contributed by atoms with E-state index in [-0.39, 0.29) is 47.7 Å². The summed E-state index contributed by atoms with van der Waals surface area (Å²) in [5.41, 5.74) is -0.436. The van der Waals surface area contributed by atoms with E-state index in [1.165, 1.54) is 23.2 Å². The van der Waals surface area contributed by atoms with Crippen LogP contribution in [0.15, 0.2) is 24.4 Å². The fraction of sp³-hybridized carbons (Fsp3) is 0.462. The van der Waals surface area contributed by atoms with Crippen molar-refractivity contribution in [2.75, 3.05) is 13.1 Å². The van der Waals surface area contributed by atoms with Crippen LogP contribution in [-0.2, 0) is 22.7 Å². The standard InChI is InChI=1S/C26H28F2N4O4/c1-26(2,36)15-8-10-31(12-15)11-14-7-9-29-23(21(14)27)17-4-3-16-18(22(17)28)13-32(25(16)35)19-5-6-20(33)30-24(19)34/h3-4,7,9,15,19,36H,5-6,8,10-13H2,1-2H3,(H,30,33,34)/t15-,19?/m1/s1. The molecule has 0 radical (unpaired) electrons. The maximum absolute atomic E-state index is 15.7. The largest absolute Gasteiger partial charge is 0.390 e. The Labute approximate surface area is 207 Å². The second-order valence-corrected chi connectivity index (χ2v) is 10.4. The molecule has 1 aromatic carbocycles. The number of aliphatic hydroxyl groups is 1. The summed E-state index contributed by atoms with van der Waals surface area (Å²) >= 11 is 0. The van der Waals surface area contributed by atoms with Crippen LogP contribution < -0.4 is 5.32 Å². The Balaban J connectivity index is 1.39. The summed E-state index contributed by atoms with van der Waals surface area (Å²) in [6.07, 6.45) is 2.51. The molecule has 3 amide bonds. The molecular formula is C26H28F2N4O4. The van der Waals surface area contributed by atoms with E-state index >= 15 is 8.78 Å². The molecule has 1 unspecified atom stereocenters. The number of hydrogen-bond acceptors (Lipinski definition) is 6. The van der Waals surface area contributed by atoms with Gasteiger partial charge in [0.25, 0.3) is 5.91 Å². The number of benzene rings is 1. The smallest absolute Gasteiger partial charge is 0.255 e. The summed E-state index contributed by atoms with van der Waals surface area (Å²) in [5, 5.41) is 12.5. The first-order chi connectivity index (χ1) is 17.0. The fourth-order valence-electron chi connectivity index (χ4n) is 5.37. The average Bonchev–Trinajstić information content (AvgIpc) is 3.42. The number of nitrogens with zero attached hydrogens (tertiary/aromatic N) is 3. The minimum absolute atomic E-state index is 0.0539. The Morgan fingerprint density at radius 2 is 1.86 bits per heavy atom. The second kappa shape index (κ2) is 9.01. The summed E-state index contributed by atoms with van der Waals surface area (Å²) < 4.78 is 31.2. The van der Waals surface area contributed by atoms with Crippen LogP contribution in [-0.4, -0.2) is 62.3 Å². The molecule has 2 aromatic rings. The molecule has 3 aliphatic heterocycles. The maximum atomic E-state index is 15.7. The molecule has 8 nitrogen and oxygen atoms in total. The van der Waals surface area contributed by atoms with E-state index in [4.69, 9.17) is 0 Å². The fourth-order valence-corrected chi connectivity index (χ4v) is 5.37. The van der Waals surface area contributed by atoms with E-state index in [1.807, 2.05) is 0 Å². The Morgan fingerprint density at radius 1 is 1.11 bits per heavy atom. The molecule has 2 N–H and O–H groups in total. The minimum atomic E-state index is -0.864. The Hall–Kier alpha value is -3.24. The number of rotatable bonds is 5. The zero-order valence-electron chi connectivity index (χ0n) is 20.2. The number of halogens is 2. The number of nitrogens with one attached hydrogen (secondary N) is 1. The minimum Gasteiger partial charge on any atom is -0.390 e. The highest BCUT2D eigenvalue weighted by atomic mass is 19.1. The molecule has 2 saturated heterocycles. The molecule has 2 fully saturated rings. The lowest BCUT2D eigenvalue weighted by molar-refractivity contribution is -0.136. The van der Waals surface area contributed by atoms with Gasteiger partial charge in [-0.2, -0.15) is 0 Å². The van der Waals surface area contributed by atoms with Crippen molar-refractivity contribution in [1.29, 1.82) is 0 Å². The number of pyridine rings is 1. The highest BCUT2D eigenvalue weighted by Gasteiger charge is 2.41. The normalized spacial score (nSPS) is 22.8. The molecule has 2 atom stereocenters. The molecule has 0 aliphatic carbocycles. The van der Waals surface area contributed by atoms with Crippen molar-refractivity contribution < 1.29 is 28.3 Å². The summed E-state index contributed by atoms with van der Waals surface area (Å²) in [6, 6.07) is 3.48. The zero-order chi connectivity index (χ0) is 25.8. The van der Waals surface area contributed by atoms with Crippen molar-refractivity contribution in [3.05, 3.63) is 52.7 Å². The SMILES string of the molecule is CC(C)(O)[C@@H]1CCN(Cc2ccnc(-c3ccc4c(c3F)CN(C3CCC(=O)NC3=O)C4=O)c2F)C1. The van der Waals surface area contributed by atoms with Crippen LogP contribution in [0, 0.1) is 17.6 Å². The first-order valence-electron chi connectivity index (χ1n) is 12.1. The van der Waals surface area contributed by atoms with Crippen LogP contribution in [0.2, 0.25) is 0 Å². The van der Waals surface area contributed by atoms with Gasteiger partial charge in [0.05, 0.1) is 12.1 Å². The molecule has 190 valence electrons. The zero-order valence-corrected chi connectivity index (χ0v) is 20.2. The quantitative estimate of drug-likeness (QED) is 0.614. The highest BCUT2D eigenvalue weighted by molar-refractivity contribution is 6.05. The van der Waals surface area contributed by atoms with Crippen molar-refractivity contribution in [1.82, 2.24) is 20.1 Å². The van der Waals surface area contributed by atoms with Crippen LogP contribution in [0.4, 0.5) is 8.78 Å². The number of amides is 3. The Kier molecular flexibility index (Phi) is 6.12. The average molecular weight is 499 g/mol. The van der Waals surface area contributed by atoms with Gasteiger partial charge >= 0.3 is 0 Å². The summed E-state index contributed by atoms with van der Waals surface area (Å²) in [5.74, 6) is -2.78. The number of aromatic nitrogens is 1. The third-order valence-corrected chi connectivity index (χ3v) is 7.54. The summed E-state index contributed by atoms with van der Waals surface area (Å²) in [6.45, 7) is 5.06. The van der Waals surface area contributed by atoms with Gasteiger partial charge in [-0.1, -0.05) is 0 Å². The van der Waals surface area contributed by atoms with Crippen molar-refractivity contribution >= 4 is 17.7 Å². The van der Waals surface area contributed by atoms with E-state index in [1.54, 1.807) is 19.9 Å². The molecule has 5 rings (SSSR count).